The summed E-state index contributed by atoms with van der Waals surface area (Å²) in [6.45, 7) is 13.0. The summed E-state index contributed by atoms with van der Waals surface area (Å²) in [5.41, 5.74) is 3.37. The van der Waals surface area contributed by atoms with Crippen molar-refractivity contribution in [2.45, 2.75) is 64.4 Å². The molecule has 4 heteroatoms. The molecule has 1 rings (SSSR count). The topological polar surface area (TPSA) is 46.5 Å². The van der Waals surface area contributed by atoms with Crippen molar-refractivity contribution in [2.75, 3.05) is 7.11 Å². The molecular formula is C23H36O3Si. The molecule has 0 heterocycles. The zero-order valence-electron chi connectivity index (χ0n) is 17.6. The lowest BCUT2D eigenvalue weighted by atomic mass is 9.86. The smallest absolute Gasteiger partial charge is 0.330 e. The SMILES string of the molecule is C=C(C)C(CC/C(=C\C(=O)OC)C[Si](C)(C)C)C(O)CCc1ccccc1. The molecular weight excluding hydrogens is 352 g/mol. The van der Waals surface area contributed by atoms with Gasteiger partial charge in [-0.3, -0.25) is 0 Å². The molecule has 0 aliphatic carbocycles. The second-order valence-electron chi connectivity index (χ2n) is 8.65. The molecule has 3 nitrogen and oxygen atoms in total. The van der Waals surface area contributed by atoms with Gasteiger partial charge in [-0.2, -0.15) is 0 Å². The molecule has 2 unspecified atom stereocenters. The maximum atomic E-state index is 11.7. The van der Waals surface area contributed by atoms with Crippen LogP contribution in [0.15, 0.2) is 54.1 Å². The highest BCUT2D eigenvalue weighted by Crippen LogP contribution is 2.28. The number of aliphatic hydroxyl groups excluding tert-OH is 1. The summed E-state index contributed by atoms with van der Waals surface area (Å²) in [6.07, 6.45) is 4.38. The van der Waals surface area contributed by atoms with E-state index in [9.17, 15) is 9.90 Å². The van der Waals surface area contributed by atoms with Crippen molar-refractivity contribution in [1.29, 1.82) is 0 Å². The number of hydrogen-bond donors (Lipinski definition) is 1. The number of aliphatic hydroxyl groups is 1. The van der Waals surface area contributed by atoms with Gasteiger partial charge < -0.3 is 9.84 Å². The van der Waals surface area contributed by atoms with Crippen LogP contribution in [0.2, 0.25) is 25.7 Å². The van der Waals surface area contributed by atoms with E-state index in [2.05, 4.69) is 38.4 Å². The van der Waals surface area contributed by atoms with Crippen LogP contribution in [0.3, 0.4) is 0 Å². The number of hydrogen-bond acceptors (Lipinski definition) is 3. The predicted octanol–water partition coefficient (Wildman–Crippen LogP) is 5.39. The first-order valence-electron chi connectivity index (χ1n) is 9.77. The zero-order chi connectivity index (χ0) is 20.4. The molecule has 0 amide bonds. The van der Waals surface area contributed by atoms with Gasteiger partial charge in [0.05, 0.1) is 13.2 Å². The molecule has 0 bridgehead atoms. The van der Waals surface area contributed by atoms with Gasteiger partial charge in [-0.15, -0.1) is 0 Å². The average Bonchev–Trinajstić information content (AvgIpc) is 2.59. The molecule has 0 fully saturated rings. The minimum absolute atomic E-state index is 0.0383. The Bertz CT molecular complexity index is 629. The van der Waals surface area contributed by atoms with Crippen molar-refractivity contribution in [3.63, 3.8) is 0 Å². The minimum Gasteiger partial charge on any atom is -0.466 e. The second-order valence-corrected chi connectivity index (χ2v) is 14.1. The number of carbonyl (C=O) groups is 1. The molecule has 27 heavy (non-hydrogen) atoms. The summed E-state index contributed by atoms with van der Waals surface area (Å²) in [5.74, 6) is -0.254. The first kappa shape index (κ1) is 23.4. The summed E-state index contributed by atoms with van der Waals surface area (Å²) >= 11 is 0. The van der Waals surface area contributed by atoms with E-state index in [1.807, 2.05) is 25.1 Å². The van der Waals surface area contributed by atoms with E-state index in [0.717, 1.165) is 36.5 Å². The van der Waals surface area contributed by atoms with Crippen LogP contribution in [0.5, 0.6) is 0 Å². The van der Waals surface area contributed by atoms with Crippen molar-refractivity contribution in [1.82, 2.24) is 0 Å². The van der Waals surface area contributed by atoms with Crippen LogP contribution in [-0.4, -0.2) is 32.4 Å². The molecule has 0 radical (unpaired) electrons. The Labute approximate surface area is 166 Å². The third-order valence-corrected chi connectivity index (χ3v) is 6.24. The van der Waals surface area contributed by atoms with E-state index in [0.29, 0.717) is 6.42 Å². The highest BCUT2D eigenvalue weighted by Gasteiger charge is 2.22. The maximum Gasteiger partial charge on any atom is 0.330 e. The lowest BCUT2D eigenvalue weighted by Gasteiger charge is -2.25. The average molecular weight is 389 g/mol. The van der Waals surface area contributed by atoms with Crippen LogP contribution >= 0.6 is 0 Å². The fourth-order valence-electron chi connectivity index (χ4n) is 3.39. The van der Waals surface area contributed by atoms with Gasteiger partial charge in [0.25, 0.3) is 0 Å². The monoisotopic (exact) mass is 388 g/mol. The Morgan fingerprint density at radius 1 is 1.22 bits per heavy atom. The van der Waals surface area contributed by atoms with Crippen LogP contribution in [0.25, 0.3) is 0 Å². The van der Waals surface area contributed by atoms with E-state index >= 15 is 0 Å². The van der Waals surface area contributed by atoms with Crippen molar-refractivity contribution < 1.29 is 14.6 Å². The number of rotatable bonds is 11. The highest BCUT2D eigenvalue weighted by molar-refractivity contribution is 6.76. The van der Waals surface area contributed by atoms with Crippen LogP contribution in [0.4, 0.5) is 0 Å². The summed E-state index contributed by atoms with van der Waals surface area (Å²) in [6, 6.07) is 11.2. The van der Waals surface area contributed by atoms with Gasteiger partial charge in [-0.05, 0) is 44.2 Å². The van der Waals surface area contributed by atoms with Crippen LogP contribution < -0.4 is 0 Å². The lowest BCUT2D eigenvalue weighted by molar-refractivity contribution is -0.134. The Kier molecular flexibility index (Phi) is 9.74. The number of carbonyl (C=O) groups excluding carboxylic acids is 1. The first-order chi connectivity index (χ1) is 12.6. The first-order valence-corrected chi connectivity index (χ1v) is 13.5. The summed E-state index contributed by atoms with van der Waals surface area (Å²) < 4.78 is 4.82. The molecule has 0 spiro atoms. The fraction of sp³-hybridized carbons (Fsp3) is 0.522. The molecule has 0 saturated carbocycles. The number of aryl methyl sites for hydroxylation is 1. The van der Waals surface area contributed by atoms with Crippen LogP contribution in [0.1, 0.15) is 31.7 Å². The van der Waals surface area contributed by atoms with E-state index in [-0.39, 0.29) is 11.9 Å². The molecule has 1 N–H and O–H groups in total. The molecule has 150 valence electrons. The Morgan fingerprint density at radius 2 is 1.85 bits per heavy atom. The Morgan fingerprint density at radius 3 is 2.37 bits per heavy atom. The van der Waals surface area contributed by atoms with E-state index in [1.54, 1.807) is 6.08 Å². The minimum atomic E-state index is -1.35. The molecule has 1 aromatic carbocycles. The molecule has 0 aromatic heterocycles. The number of ether oxygens (including phenoxy) is 1. The third-order valence-electron chi connectivity index (χ3n) is 4.73. The molecule has 0 aliphatic heterocycles. The Balaban J connectivity index is 2.73. The van der Waals surface area contributed by atoms with Crippen molar-refractivity contribution in [3.05, 3.63) is 59.7 Å². The quantitative estimate of drug-likeness (QED) is 0.239. The third kappa shape index (κ3) is 9.73. The highest BCUT2D eigenvalue weighted by atomic mass is 28.3. The lowest BCUT2D eigenvalue weighted by Crippen LogP contribution is -2.24. The van der Waals surface area contributed by atoms with Gasteiger partial charge in [0.2, 0.25) is 0 Å². The molecule has 0 saturated heterocycles. The summed E-state index contributed by atoms with van der Waals surface area (Å²) in [5, 5.41) is 10.8. The molecule has 2 atom stereocenters. The van der Waals surface area contributed by atoms with E-state index in [4.69, 9.17) is 4.74 Å². The van der Waals surface area contributed by atoms with Crippen molar-refractivity contribution >= 4 is 14.0 Å². The fourth-order valence-corrected chi connectivity index (χ4v) is 5.03. The van der Waals surface area contributed by atoms with E-state index in [1.165, 1.54) is 12.7 Å². The standard InChI is InChI=1S/C23H36O3Si/c1-18(2)21(22(24)15-13-19-10-8-7-9-11-19)14-12-20(16-23(25)26-3)17-27(4,5)6/h7-11,16,21-22,24H,1,12-15,17H2,2-6H3/b20-16+. The number of esters is 1. The summed E-state index contributed by atoms with van der Waals surface area (Å²) in [4.78, 5) is 11.7. The van der Waals surface area contributed by atoms with Gasteiger partial charge in [0.15, 0.2) is 0 Å². The molecule has 0 aliphatic rings. The largest absolute Gasteiger partial charge is 0.466 e. The van der Waals surface area contributed by atoms with E-state index < -0.39 is 14.2 Å². The van der Waals surface area contributed by atoms with Gasteiger partial charge in [-0.1, -0.05) is 67.7 Å². The second kappa shape index (κ2) is 11.2. The van der Waals surface area contributed by atoms with Gasteiger partial charge >= 0.3 is 5.97 Å². The van der Waals surface area contributed by atoms with Crippen molar-refractivity contribution in [2.24, 2.45) is 5.92 Å². The number of methoxy groups -OCH3 is 1. The van der Waals surface area contributed by atoms with Gasteiger partial charge in [0.1, 0.15) is 0 Å². The molecule has 1 aromatic rings. The van der Waals surface area contributed by atoms with Crippen molar-refractivity contribution in [3.8, 4) is 0 Å². The van der Waals surface area contributed by atoms with Crippen LogP contribution in [0, 0.1) is 5.92 Å². The number of benzene rings is 1. The summed E-state index contributed by atoms with van der Waals surface area (Å²) in [7, 11) is 0.0651. The zero-order valence-corrected chi connectivity index (χ0v) is 18.6. The Hall–Kier alpha value is -1.65. The number of allylic oxidation sites excluding steroid dienone is 1. The van der Waals surface area contributed by atoms with Gasteiger partial charge in [-0.25, -0.2) is 4.79 Å². The van der Waals surface area contributed by atoms with Gasteiger partial charge in [0, 0.05) is 20.1 Å². The van der Waals surface area contributed by atoms with Crippen LogP contribution in [-0.2, 0) is 16.0 Å². The predicted molar refractivity (Wildman–Crippen MR) is 117 cm³/mol. The normalized spacial score (nSPS) is 14.5. The maximum absolute atomic E-state index is 11.7.